The lowest BCUT2D eigenvalue weighted by Crippen LogP contribution is -3.00. The Morgan fingerprint density at radius 1 is 0.704 bits per heavy atom. The third-order valence-corrected chi connectivity index (χ3v) is 5.70. The smallest absolute Gasteiger partial charge is 0.213 e. The van der Waals surface area contributed by atoms with Crippen LogP contribution in [0.4, 0.5) is 5.69 Å². The maximum Gasteiger partial charge on any atom is 0.213 e. The minimum absolute atomic E-state index is 0. The van der Waals surface area contributed by atoms with Gasteiger partial charge in [-0.25, -0.2) is 0 Å². The standard InChI is InChI=1S/C24H23N2.BrH/c1-25-22-10-4-2-8-20(22)24(21-9-3-5-11-23(21)25)18-12-14-19(15-13-18)26-16-6-7-17-26;/h2-5,8-15H,6-7,16-17H2,1H3;1H/q+1;/p-1. The molecule has 1 aliphatic rings. The van der Waals surface area contributed by atoms with Crippen LogP contribution < -0.4 is 26.4 Å². The molecule has 3 aromatic carbocycles. The van der Waals surface area contributed by atoms with Crippen LogP contribution in [0.1, 0.15) is 12.8 Å². The highest BCUT2D eigenvalue weighted by molar-refractivity contribution is 6.07. The molecule has 1 fully saturated rings. The predicted molar refractivity (Wildman–Crippen MR) is 110 cm³/mol. The number of hydrogen-bond donors (Lipinski definition) is 0. The van der Waals surface area contributed by atoms with Crippen LogP contribution in [-0.2, 0) is 7.05 Å². The van der Waals surface area contributed by atoms with Gasteiger partial charge in [0.15, 0.2) is 0 Å². The maximum atomic E-state index is 2.49. The number of para-hydroxylation sites is 2. The van der Waals surface area contributed by atoms with Crippen LogP contribution in [0.15, 0.2) is 72.8 Å². The second-order valence-electron chi connectivity index (χ2n) is 7.21. The number of aromatic nitrogens is 1. The second-order valence-corrected chi connectivity index (χ2v) is 7.21. The molecule has 0 aliphatic carbocycles. The molecule has 5 rings (SSSR count). The van der Waals surface area contributed by atoms with Gasteiger partial charge < -0.3 is 21.9 Å². The molecule has 0 bridgehead atoms. The summed E-state index contributed by atoms with van der Waals surface area (Å²) in [6, 6.07) is 26.6. The van der Waals surface area contributed by atoms with Gasteiger partial charge in [-0.2, -0.15) is 4.57 Å². The number of aryl methyl sites for hydroxylation is 1. The first-order chi connectivity index (χ1) is 12.8. The zero-order valence-electron chi connectivity index (χ0n) is 15.5. The third kappa shape index (κ3) is 3.00. The Morgan fingerprint density at radius 2 is 1.22 bits per heavy atom. The first-order valence-electron chi connectivity index (χ1n) is 9.48. The summed E-state index contributed by atoms with van der Waals surface area (Å²) in [6.07, 6.45) is 2.62. The van der Waals surface area contributed by atoms with Gasteiger partial charge in [-0.1, -0.05) is 36.4 Å². The Balaban J connectivity index is 0.00000180. The van der Waals surface area contributed by atoms with Gasteiger partial charge in [-0.3, -0.25) is 0 Å². The fourth-order valence-corrected chi connectivity index (χ4v) is 4.36. The van der Waals surface area contributed by atoms with E-state index in [4.69, 9.17) is 0 Å². The fourth-order valence-electron chi connectivity index (χ4n) is 4.36. The first-order valence-corrected chi connectivity index (χ1v) is 9.48. The van der Waals surface area contributed by atoms with E-state index in [1.165, 1.54) is 64.6 Å². The highest BCUT2D eigenvalue weighted by atomic mass is 79.9. The van der Waals surface area contributed by atoms with E-state index in [1.54, 1.807) is 0 Å². The van der Waals surface area contributed by atoms with E-state index in [2.05, 4.69) is 89.3 Å². The monoisotopic (exact) mass is 418 g/mol. The van der Waals surface area contributed by atoms with Crippen LogP contribution in [0.25, 0.3) is 32.9 Å². The van der Waals surface area contributed by atoms with E-state index in [1.807, 2.05) is 0 Å². The average molecular weight is 419 g/mol. The van der Waals surface area contributed by atoms with E-state index in [0.717, 1.165) is 0 Å². The van der Waals surface area contributed by atoms with Gasteiger partial charge in [0.05, 0.1) is 10.8 Å². The minimum Gasteiger partial charge on any atom is -1.00 e. The van der Waals surface area contributed by atoms with Crippen LogP contribution >= 0.6 is 0 Å². The third-order valence-electron chi connectivity index (χ3n) is 5.70. The Hall–Kier alpha value is -2.39. The van der Waals surface area contributed by atoms with Gasteiger partial charge in [0.2, 0.25) is 11.0 Å². The molecule has 0 amide bonds. The van der Waals surface area contributed by atoms with Crippen molar-refractivity contribution in [1.82, 2.24) is 0 Å². The van der Waals surface area contributed by atoms with Crippen LogP contribution in [0.3, 0.4) is 0 Å². The molecule has 1 saturated heterocycles. The Kier molecular flexibility index (Phi) is 4.88. The summed E-state index contributed by atoms with van der Waals surface area (Å²) >= 11 is 0. The number of halogens is 1. The average Bonchev–Trinajstić information content (AvgIpc) is 3.24. The summed E-state index contributed by atoms with van der Waals surface area (Å²) in [5.74, 6) is 0. The molecule has 0 N–H and O–H groups in total. The first kappa shape index (κ1) is 18.0. The minimum atomic E-state index is 0. The molecule has 4 aromatic rings. The lowest BCUT2D eigenvalue weighted by Gasteiger charge is -2.18. The van der Waals surface area contributed by atoms with E-state index in [-0.39, 0.29) is 17.0 Å². The van der Waals surface area contributed by atoms with Crippen molar-refractivity contribution < 1.29 is 21.5 Å². The van der Waals surface area contributed by atoms with Crippen molar-refractivity contribution in [2.75, 3.05) is 18.0 Å². The number of pyridine rings is 1. The molecule has 0 radical (unpaired) electrons. The number of rotatable bonds is 2. The maximum absolute atomic E-state index is 2.49. The van der Waals surface area contributed by atoms with Crippen LogP contribution in [0, 0.1) is 0 Å². The molecule has 2 heterocycles. The molecule has 2 nitrogen and oxygen atoms in total. The van der Waals surface area contributed by atoms with Gasteiger partial charge in [-0.15, -0.1) is 0 Å². The van der Waals surface area contributed by atoms with Crippen molar-refractivity contribution in [3.05, 3.63) is 72.8 Å². The zero-order chi connectivity index (χ0) is 17.5. The summed E-state index contributed by atoms with van der Waals surface area (Å²) < 4.78 is 2.30. The van der Waals surface area contributed by atoms with E-state index in [9.17, 15) is 0 Å². The Bertz CT molecular complexity index is 1040. The summed E-state index contributed by atoms with van der Waals surface area (Å²) in [7, 11) is 2.16. The van der Waals surface area contributed by atoms with Crippen molar-refractivity contribution >= 4 is 27.5 Å². The summed E-state index contributed by atoms with van der Waals surface area (Å²) in [4.78, 5) is 2.49. The summed E-state index contributed by atoms with van der Waals surface area (Å²) in [5.41, 5.74) is 6.51. The van der Waals surface area contributed by atoms with Crippen molar-refractivity contribution in [2.45, 2.75) is 12.8 Å². The molecule has 1 aliphatic heterocycles. The molecule has 0 spiro atoms. The van der Waals surface area contributed by atoms with E-state index < -0.39 is 0 Å². The lowest BCUT2D eigenvalue weighted by molar-refractivity contribution is -0.617. The molecule has 0 atom stereocenters. The number of nitrogens with zero attached hydrogens (tertiary/aromatic N) is 2. The molecule has 0 unspecified atom stereocenters. The van der Waals surface area contributed by atoms with Crippen LogP contribution in [0.5, 0.6) is 0 Å². The molecular formula is C24H23BrN2. The number of fused-ring (bicyclic) bond motifs is 2. The molecule has 3 heteroatoms. The van der Waals surface area contributed by atoms with Gasteiger partial charge in [0.1, 0.15) is 7.05 Å². The summed E-state index contributed by atoms with van der Waals surface area (Å²) in [5, 5.41) is 2.62. The predicted octanol–water partition coefficient (Wildman–Crippen LogP) is 2.09. The molecule has 27 heavy (non-hydrogen) atoms. The van der Waals surface area contributed by atoms with Crippen LogP contribution in [0.2, 0.25) is 0 Å². The largest absolute Gasteiger partial charge is 1.00 e. The van der Waals surface area contributed by atoms with Gasteiger partial charge >= 0.3 is 0 Å². The van der Waals surface area contributed by atoms with Crippen molar-refractivity contribution in [3.63, 3.8) is 0 Å². The van der Waals surface area contributed by atoms with Gasteiger partial charge in [-0.05, 0) is 42.7 Å². The zero-order valence-corrected chi connectivity index (χ0v) is 17.1. The highest BCUT2D eigenvalue weighted by Gasteiger charge is 2.19. The van der Waals surface area contributed by atoms with Crippen LogP contribution in [-0.4, -0.2) is 13.1 Å². The number of anilines is 1. The van der Waals surface area contributed by atoms with Crippen molar-refractivity contribution in [2.24, 2.45) is 7.05 Å². The van der Waals surface area contributed by atoms with Gasteiger partial charge in [0, 0.05) is 36.5 Å². The molecule has 0 saturated carbocycles. The van der Waals surface area contributed by atoms with E-state index in [0.29, 0.717) is 0 Å². The fraction of sp³-hybridized carbons (Fsp3) is 0.208. The second kappa shape index (κ2) is 7.32. The Labute approximate surface area is 170 Å². The van der Waals surface area contributed by atoms with E-state index >= 15 is 0 Å². The highest BCUT2D eigenvalue weighted by Crippen LogP contribution is 2.35. The SMILES string of the molecule is C[n+]1c2ccccc2c(-c2ccc(N3CCCC3)cc2)c2ccccc21.[Br-]. The van der Waals surface area contributed by atoms with Gasteiger partial charge in [0.25, 0.3) is 0 Å². The number of hydrogen-bond acceptors (Lipinski definition) is 1. The van der Waals surface area contributed by atoms with Crippen molar-refractivity contribution in [3.8, 4) is 11.1 Å². The Morgan fingerprint density at radius 3 is 1.78 bits per heavy atom. The lowest BCUT2D eigenvalue weighted by atomic mass is 9.95. The quantitative estimate of drug-likeness (QED) is 0.357. The van der Waals surface area contributed by atoms with Crippen molar-refractivity contribution in [1.29, 1.82) is 0 Å². The summed E-state index contributed by atoms with van der Waals surface area (Å²) in [6.45, 7) is 2.37. The topological polar surface area (TPSA) is 7.12 Å². The molecular weight excluding hydrogens is 396 g/mol. The number of benzene rings is 3. The normalized spacial score (nSPS) is 13.9. The molecule has 1 aromatic heterocycles. The molecule has 136 valence electrons.